The third-order valence-corrected chi connectivity index (χ3v) is 21.8. The summed E-state index contributed by atoms with van der Waals surface area (Å²) in [5.41, 5.74) is 3.09. The quantitative estimate of drug-likeness (QED) is 0.0619. The van der Waals surface area contributed by atoms with Crippen molar-refractivity contribution in [3.63, 3.8) is 0 Å². The van der Waals surface area contributed by atoms with Gasteiger partial charge in [0.05, 0.1) is 39.9 Å². The highest BCUT2D eigenvalue weighted by Gasteiger charge is 2.50. The molecule has 0 radical (unpaired) electrons. The van der Waals surface area contributed by atoms with E-state index in [2.05, 4.69) is 93.6 Å². The Morgan fingerprint density at radius 3 is 0.683 bits per heavy atom. The van der Waals surface area contributed by atoms with Gasteiger partial charge in [0.25, 0.3) is 11.8 Å². The van der Waals surface area contributed by atoms with E-state index < -0.39 is 0 Å². The van der Waals surface area contributed by atoms with E-state index in [9.17, 15) is 0 Å². The van der Waals surface area contributed by atoms with E-state index in [4.69, 9.17) is 0 Å². The van der Waals surface area contributed by atoms with Gasteiger partial charge in [0.2, 0.25) is 0 Å². The molecule has 4 nitrogen and oxygen atoms in total. The SMILES string of the molecule is CCCCCCCCCCCCCCCCCCC(CCCCCCCCCC)CN1C(=O)C2=C(c3ccc(Br)s3)N(CC(CCCCCCCCCC)CCCCCCCCCCCCCCCCCC)C(=O)C2=C1c1ccc(Br)s1. The molecule has 2 aliphatic rings. The normalized spacial score (nSPS) is 14.5. The summed E-state index contributed by atoms with van der Waals surface area (Å²) in [6, 6.07) is 8.53. The molecular formula is C74H126Br2N2O2S2. The van der Waals surface area contributed by atoms with E-state index in [1.165, 1.54) is 308 Å². The molecule has 0 fully saturated rings. The first-order chi connectivity index (χ1) is 40.3. The van der Waals surface area contributed by atoms with Crippen LogP contribution >= 0.6 is 54.5 Å². The molecule has 0 aliphatic carbocycles. The van der Waals surface area contributed by atoms with Crippen LogP contribution in [0.4, 0.5) is 0 Å². The molecule has 8 heteroatoms. The van der Waals surface area contributed by atoms with Crippen LogP contribution < -0.4 is 0 Å². The second-order valence-electron chi connectivity index (χ2n) is 25.9. The van der Waals surface area contributed by atoms with Gasteiger partial charge in [-0.1, -0.05) is 336 Å². The zero-order valence-electron chi connectivity index (χ0n) is 53.9. The molecule has 4 heterocycles. The van der Waals surface area contributed by atoms with Crippen LogP contribution in [-0.4, -0.2) is 34.7 Å². The fourth-order valence-electron chi connectivity index (χ4n) is 13.4. The molecule has 2 aromatic heterocycles. The number of nitrogens with zero attached hydrogens (tertiary/aromatic N) is 2. The molecule has 2 aromatic rings. The van der Waals surface area contributed by atoms with E-state index in [0.717, 1.165) is 54.4 Å². The van der Waals surface area contributed by atoms with Crippen LogP contribution in [0.15, 0.2) is 43.0 Å². The number of unbranched alkanes of at least 4 members (excludes halogenated alkanes) is 44. The summed E-state index contributed by atoms with van der Waals surface area (Å²) < 4.78 is 2.08. The van der Waals surface area contributed by atoms with Crippen molar-refractivity contribution in [3.05, 3.63) is 52.7 Å². The summed E-state index contributed by atoms with van der Waals surface area (Å²) in [4.78, 5) is 37.5. The first kappa shape index (κ1) is 73.3. The Kier molecular flexibility index (Phi) is 43.5. The standard InChI is InChI=1S/C74H126Br2N2O2S2/c1-5-9-13-17-21-25-27-29-31-33-35-37-39-43-47-51-55-63(53-49-45-41-23-19-15-11-7-3)61-77-71(65-57-59-67(75)81-65)69-70(73(77)79)72(66-58-60-68(76)82-66)78(74(69)80)62-64(54-50-46-42-24-20-16-12-8-4)56-52-48-44-40-38-36-34-32-30-28-26-22-18-14-10-6-2/h57-60,63-64H,5-56,61-62H2,1-4H3. The molecule has 0 saturated heterocycles. The van der Waals surface area contributed by atoms with Gasteiger partial charge in [-0.15, -0.1) is 22.7 Å². The number of rotatable bonds is 58. The van der Waals surface area contributed by atoms with E-state index in [-0.39, 0.29) is 11.8 Å². The Labute approximate surface area is 532 Å². The van der Waals surface area contributed by atoms with Crippen molar-refractivity contribution in [1.29, 1.82) is 0 Å². The highest BCUT2D eigenvalue weighted by Crippen LogP contribution is 2.50. The highest BCUT2D eigenvalue weighted by atomic mass is 79.9. The molecule has 0 bridgehead atoms. The Bertz CT molecular complexity index is 1830. The third kappa shape index (κ3) is 30.6. The summed E-state index contributed by atoms with van der Waals surface area (Å²) >= 11 is 11.0. The number of thiophene rings is 2. The Balaban J connectivity index is 1.44. The van der Waals surface area contributed by atoms with Crippen molar-refractivity contribution in [2.45, 2.75) is 362 Å². The van der Waals surface area contributed by atoms with Crippen LogP contribution in [0.2, 0.25) is 0 Å². The molecule has 0 saturated carbocycles. The molecule has 4 rings (SSSR count). The van der Waals surface area contributed by atoms with Gasteiger partial charge in [0, 0.05) is 13.1 Å². The van der Waals surface area contributed by atoms with Gasteiger partial charge >= 0.3 is 0 Å². The maximum atomic E-state index is 15.6. The summed E-state index contributed by atoms with van der Waals surface area (Å²) in [7, 11) is 0. The van der Waals surface area contributed by atoms with E-state index in [1.54, 1.807) is 22.7 Å². The number of halogens is 2. The van der Waals surface area contributed by atoms with Gasteiger partial charge in [0.15, 0.2) is 0 Å². The Morgan fingerprint density at radius 2 is 0.500 bits per heavy atom. The zero-order chi connectivity index (χ0) is 58.5. The fourth-order valence-corrected chi connectivity index (χ4v) is 16.3. The molecule has 470 valence electrons. The number of hydrogen-bond donors (Lipinski definition) is 0. The summed E-state index contributed by atoms with van der Waals surface area (Å²) in [5, 5.41) is 0. The number of hydrogen-bond acceptors (Lipinski definition) is 4. The van der Waals surface area contributed by atoms with Gasteiger partial charge in [-0.3, -0.25) is 9.59 Å². The van der Waals surface area contributed by atoms with Crippen LogP contribution in [-0.2, 0) is 9.59 Å². The third-order valence-electron chi connectivity index (χ3n) is 18.5. The molecule has 2 aliphatic heterocycles. The topological polar surface area (TPSA) is 40.6 Å². The van der Waals surface area contributed by atoms with Crippen LogP contribution in [0.1, 0.15) is 371 Å². The average Bonchev–Trinajstić information content (AvgIpc) is 2.25. The van der Waals surface area contributed by atoms with Gasteiger partial charge in [-0.25, -0.2) is 0 Å². The zero-order valence-corrected chi connectivity index (χ0v) is 58.7. The fraction of sp³-hybridized carbons (Fsp3) is 0.811. The Morgan fingerprint density at radius 1 is 0.305 bits per heavy atom. The molecule has 0 spiro atoms. The number of carbonyl (C=O) groups excluding carboxylic acids is 2. The highest BCUT2D eigenvalue weighted by molar-refractivity contribution is 9.11. The molecule has 2 atom stereocenters. The maximum absolute atomic E-state index is 15.6. The minimum atomic E-state index is 0.0511. The lowest BCUT2D eigenvalue weighted by Gasteiger charge is -2.29. The summed E-state index contributed by atoms with van der Waals surface area (Å²) in [6.07, 6.45) is 69.8. The monoisotopic (exact) mass is 1300 g/mol. The summed E-state index contributed by atoms with van der Waals surface area (Å²) in [5.74, 6) is 0.927. The van der Waals surface area contributed by atoms with Gasteiger partial charge in [0.1, 0.15) is 0 Å². The second-order valence-corrected chi connectivity index (χ2v) is 30.9. The lowest BCUT2D eigenvalue weighted by atomic mass is 9.93. The van der Waals surface area contributed by atoms with Crippen LogP contribution in [0, 0.1) is 11.8 Å². The van der Waals surface area contributed by atoms with Crippen molar-refractivity contribution in [1.82, 2.24) is 9.80 Å². The van der Waals surface area contributed by atoms with Gasteiger partial charge < -0.3 is 9.80 Å². The van der Waals surface area contributed by atoms with Gasteiger partial charge in [-0.2, -0.15) is 0 Å². The Hall–Kier alpha value is -1.22. The maximum Gasteiger partial charge on any atom is 0.261 e. The van der Waals surface area contributed by atoms with Crippen LogP contribution in [0.25, 0.3) is 11.4 Å². The molecule has 2 unspecified atom stereocenters. The van der Waals surface area contributed by atoms with Crippen molar-refractivity contribution in [2.24, 2.45) is 11.8 Å². The van der Waals surface area contributed by atoms with Crippen LogP contribution in [0.5, 0.6) is 0 Å². The van der Waals surface area contributed by atoms with E-state index >= 15 is 9.59 Å². The lowest BCUT2D eigenvalue weighted by Crippen LogP contribution is -2.34. The number of fused-ring (bicyclic) bond motifs is 1. The van der Waals surface area contributed by atoms with E-state index in [0.29, 0.717) is 36.1 Å². The van der Waals surface area contributed by atoms with Gasteiger partial charge in [-0.05, 0) is 93.6 Å². The largest absolute Gasteiger partial charge is 0.306 e. The molecule has 2 amide bonds. The van der Waals surface area contributed by atoms with Crippen molar-refractivity contribution < 1.29 is 9.59 Å². The molecule has 0 aromatic carbocycles. The lowest BCUT2D eigenvalue weighted by molar-refractivity contribution is -0.124. The average molecular weight is 1300 g/mol. The predicted molar refractivity (Wildman–Crippen MR) is 371 cm³/mol. The minimum Gasteiger partial charge on any atom is -0.306 e. The number of amides is 2. The van der Waals surface area contributed by atoms with Crippen molar-refractivity contribution in [2.75, 3.05) is 13.1 Å². The smallest absolute Gasteiger partial charge is 0.261 e. The van der Waals surface area contributed by atoms with Crippen molar-refractivity contribution >= 4 is 77.7 Å². The molecular weight excluding hydrogens is 1170 g/mol. The first-order valence-electron chi connectivity index (χ1n) is 36.0. The number of carbonyl (C=O) groups is 2. The van der Waals surface area contributed by atoms with E-state index in [1.807, 2.05) is 0 Å². The van der Waals surface area contributed by atoms with Crippen LogP contribution in [0.3, 0.4) is 0 Å². The first-order valence-corrected chi connectivity index (χ1v) is 39.2. The minimum absolute atomic E-state index is 0.0511. The molecule has 0 N–H and O–H groups in total. The summed E-state index contributed by atoms with van der Waals surface area (Å²) in [6.45, 7) is 10.6. The van der Waals surface area contributed by atoms with Crippen molar-refractivity contribution in [3.8, 4) is 0 Å². The predicted octanol–water partition coefficient (Wildman–Crippen LogP) is 26.7. The molecule has 82 heavy (non-hydrogen) atoms. The second kappa shape index (κ2) is 48.8.